The predicted octanol–water partition coefficient (Wildman–Crippen LogP) is 1.69. The number of rotatable bonds is 6. The summed E-state index contributed by atoms with van der Waals surface area (Å²) in [6.45, 7) is 3.23. The van der Waals surface area contributed by atoms with Crippen LogP contribution in [0.3, 0.4) is 0 Å². The molecule has 0 radical (unpaired) electrons. The van der Waals surface area contributed by atoms with E-state index in [9.17, 15) is 29.9 Å². The molecule has 0 fully saturated rings. The van der Waals surface area contributed by atoms with Crippen LogP contribution in [0, 0.1) is 10.1 Å². The van der Waals surface area contributed by atoms with Gasteiger partial charge in [-0.15, -0.1) is 0 Å². The summed E-state index contributed by atoms with van der Waals surface area (Å²) < 4.78 is 0.773. The smallest absolute Gasteiger partial charge is 0.358 e. The van der Waals surface area contributed by atoms with Gasteiger partial charge in [0, 0.05) is 17.7 Å². The highest BCUT2D eigenvalue weighted by molar-refractivity contribution is 6.00. The molecule has 0 aliphatic rings. The molecule has 2 aromatic rings. The molecule has 0 saturated carbocycles. The number of hydrogen-bond acceptors (Lipinski definition) is 6. The maximum Gasteiger partial charge on any atom is 0.358 e. The summed E-state index contributed by atoms with van der Waals surface area (Å²) in [6.07, 6.45) is -0.489. The first-order valence-electron chi connectivity index (χ1n) is 6.73. The van der Waals surface area contributed by atoms with Crippen LogP contribution in [0.2, 0.25) is 0 Å². The number of nitrogens with zero attached hydrogens (tertiary/aromatic N) is 3. The minimum absolute atomic E-state index is 0.151. The van der Waals surface area contributed by atoms with Crippen molar-refractivity contribution in [3.8, 4) is 11.4 Å². The molecule has 0 saturated heterocycles. The number of hydrogen-bond donors (Lipinski definition) is 2. The third kappa shape index (κ3) is 3.16. The number of aromatic nitrogens is 2. The molecule has 0 unspecified atom stereocenters. The van der Waals surface area contributed by atoms with Gasteiger partial charge in [-0.1, -0.05) is 12.1 Å². The average Bonchev–Trinajstić information content (AvgIpc) is 2.86. The van der Waals surface area contributed by atoms with E-state index in [1.165, 1.54) is 18.2 Å². The Hall–Kier alpha value is -3.43. The number of benzene rings is 1. The van der Waals surface area contributed by atoms with Gasteiger partial charge in [0.25, 0.3) is 5.69 Å². The van der Waals surface area contributed by atoms with Crippen molar-refractivity contribution in [2.75, 3.05) is 0 Å². The van der Waals surface area contributed by atoms with Crippen LogP contribution in [-0.4, -0.2) is 42.9 Å². The van der Waals surface area contributed by atoms with Crippen LogP contribution in [0.5, 0.6) is 0 Å². The van der Waals surface area contributed by atoms with Crippen molar-refractivity contribution in [1.82, 2.24) is 9.71 Å². The second-order valence-electron chi connectivity index (χ2n) is 5.00. The number of carboxylic acids is 2. The Labute approximate surface area is 135 Å². The van der Waals surface area contributed by atoms with Crippen molar-refractivity contribution in [1.29, 1.82) is 0 Å². The monoisotopic (exact) mass is 335 g/mol. The summed E-state index contributed by atoms with van der Waals surface area (Å²) in [6, 6.07) is 5.21. The van der Waals surface area contributed by atoms with Crippen LogP contribution in [0.25, 0.3) is 11.4 Å². The van der Waals surface area contributed by atoms with Crippen LogP contribution in [0.1, 0.15) is 34.8 Å². The highest BCUT2D eigenvalue weighted by Crippen LogP contribution is 2.25. The quantitative estimate of drug-likeness (QED) is 0.599. The summed E-state index contributed by atoms with van der Waals surface area (Å²) >= 11 is 0. The number of carbonyl (C=O) groups is 2. The van der Waals surface area contributed by atoms with Crippen LogP contribution in [0.4, 0.5) is 5.69 Å². The molecule has 2 N–H and O–H groups in total. The molecule has 1 heterocycles. The number of nitro benzene ring substituents is 1. The van der Waals surface area contributed by atoms with Gasteiger partial charge in [-0.2, -0.15) is 4.73 Å². The zero-order valence-corrected chi connectivity index (χ0v) is 12.7. The largest absolute Gasteiger partial charge is 0.476 e. The highest BCUT2D eigenvalue weighted by atomic mass is 16.7. The number of non-ortho nitro benzene ring substituents is 1. The molecular formula is C14H13N3O7. The number of imidazole rings is 1. The van der Waals surface area contributed by atoms with Crippen molar-refractivity contribution >= 4 is 17.6 Å². The fourth-order valence-electron chi connectivity index (χ4n) is 2.00. The summed E-state index contributed by atoms with van der Waals surface area (Å²) in [7, 11) is 0. The zero-order chi connectivity index (χ0) is 18.0. The number of aromatic carboxylic acids is 2. The molecule has 0 spiro atoms. The van der Waals surface area contributed by atoms with E-state index in [-0.39, 0.29) is 17.1 Å². The normalized spacial score (nSPS) is 10.6. The van der Waals surface area contributed by atoms with E-state index in [4.69, 9.17) is 4.84 Å². The molecule has 126 valence electrons. The summed E-state index contributed by atoms with van der Waals surface area (Å²) in [5.74, 6) is -3.25. The van der Waals surface area contributed by atoms with E-state index >= 15 is 0 Å². The van der Waals surface area contributed by atoms with Gasteiger partial charge < -0.3 is 15.1 Å². The van der Waals surface area contributed by atoms with Gasteiger partial charge in [0.2, 0.25) is 0 Å². The fourth-order valence-corrected chi connectivity index (χ4v) is 2.00. The summed E-state index contributed by atoms with van der Waals surface area (Å²) in [5.41, 5.74) is -1.48. The molecule has 0 atom stereocenters. The van der Waals surface area contributed by atoms with Crippen LogP contribution >= 0.6 is 0 Å². The molecule has 10 nitrogen and oxygen atoms in total. The van der Waals surface area contributed by atoms with E-state index in [0.29, 0.717) is 0 Å². The lowest BCUT2D eigenvalue weighted by atomic mass is 10.2. The molecule has 0 aliphatic carbocycles. The van der Waals surface area contributed by atoms with Gasteiger partial charge in [0.05, 0.1) is 4.92 Å². The Balaban J connectivity index is 2.75. The number of nitro groups is 1. The maximum atomic E-state index is 11.4. The summed E-state index contributed by atoms with van der Waals surface area (Å²) in [4.78, 5) is 42.1. The molecule has 2 rings (SSSR count). The predicted molar refractivity (Wildman–Crippen MR) is 80.0 cm³/mol. The van der Waals surface area contributed by atoms with Gasteiger partial charge in [-0.3, -0.25) is 10.1 Å². The van der Waals surface area contributed by atoms with Crippen molar-refractivity contribution in [2.45, 2.75) is 20.0 Å². The summed E-state index contributed by atoms with van der Waals surface area (Å²) in [5, 5.41) is 29.4. The Morgan fingerprint density at radius 2 is 1.96 bits per heavy atom. The van der Waals surface area contributed by atoms with E-state index < -0.39 is 34.4 Å². The second kappa shape index (κ2) is 6.36. The Kier molecular flexibility index (Phi) is 4.49. The Morgan fingerprint density at radius 1 is 1.29 bits per heavy atom. The lowest BCUT2D eigenvalue weighted by Gasteiger charge is -2.14. The van der Waals surface area contributed by atoms with E-state index in [0.717, 1.165) is 10.8 Å². The number of carboxylic acid groups (broad SMARTS) is 2. The molecule has 1 aromatic carbocycles. The van der Waals surface area contributed by atoms with Crippen LogP contribution in [-0.2, 0) is 0 Å². The van der Waals surface area contributed by atoms with Crippen molar-refractivity contribution < 1.29 is 29.6 Å². The van der Waals surface area contributed by atoms with Crippen molar-refractivity contribution in [3.05, 3.63) is 45.8 Å². The van der Waals surface area contributed by atoms with Gasteiger partial charge >= 0.3 is 11.9 Å². The minimum Gasteiger partial charge on any atom is -0.476 e. The maximum absolute atomic E-state index is 11.4. The SMILES string of the molecule is CC(C)On1c(-c2cccc([N+](=O)[O-])c2)nc(C(=O)O)c1C(=O)O. The zero-order valence-electron chi connectivity index (χ0n) is 12.7. The molecule has 0 amide bonds. The van der Waals surface area contributed by atoms with Gasteiger partial charge in [-0.05, 0) is 13.8 Å². The second-order valence-corrected chi connectivity index (χ2v) is 5.00. The van der Waals surface area contributed by atoms with Gasteiger partial charge in [0.1, 0.15) is 6.10 Å². The topological polar surface area (TPSA) is 145 Å². The first kappa shape index (κ1) is 16.9. The lowest BCUT2D eigenvalue weighted by Crippen LogP contribution is -2.24. The van der Waals surface area contributed by atoms with E-state index in [1.54, 1.807) is 13.8 Å². The van der Waals surface area contributed by atoms with Crippen molar-refractivity contribution in [3.63, 3.8) is 0 Å². The minimum atomic E-state index is -1.55. The first-order valence-corrected chi connectivity index (χ1v) is 6.73. The molecule has 0 bridgehead atoms. The van der Waals surface area contributed by atoms with E-state index in [1.807, 2.05) is 0 Å². The van der Waals surface area contributed by atoms with Crippen LogP contribution < -0.4 is 4.84 Å². The molecule has 10 heteroatoms. The van der Waals surface area contributed by atoms with E-state index in [2.05, 4.69) is 4.98 Å². The van der Waals surface area contributed by atoms with Crippen LogP contribution in [0.15, 0.2) is 24.3 Å². The molecule has 0 aliphatic heterocycles. The molecular weight excluding hydrogens is 322 g/mol. The van der Waals surface area contributed by atoms with Gasteiger partial charge in [-0.25, -0.2) is 14.6 Å². The van der Waals surface area contributed by atoms with Crippen molar-refractivity contribution in [2.24, 2.45) is 0 Å². The fraction of sp³-hybridized carbons (Fsp3) is 0.214. The Bertz CT molecular complexity index is 826. The highest BCUT2D eigenvalue weighted by Gasteiger charge is 2.30. The van der Waals surface area contributed by atoms with Gasteiger partial charge in [0.15, 0.2) is 17.2 Å². The third-order valence-electron chi connectivity index (χ3n) is 2.87. The third-order valence-corrected chi connectivity index (χ3v) is 2.87. The standard InChI is InChI=1S/C14H13N3O7/c1-7(2)24-16-11(14(20)21)10(13(18)19)15-12(16)8-4-3-5-9(6-8)17(22)23/h3-7H,1-2H3,(H,18,19)(H,20,21). The lowest BCUT2D eigenvalue weighted by molar-refractivity contribution is -0.384. The Morgan fingerprint density at radius 3 is 2.46 bits per heavy atom. The average molecular weight is 335 g/mol. The molecule has 24 heavy (non-hydrogen) atoms. The first-order chi connectivity index (χ1) is 11.2. The molecule has 1 aromatic heterocycles.